The fourth-order valence-electron chi connectivity index (χ4n) is 2.30. The number of rotatable bonds is 6. The monoisotopic (exact) mass is 529 g/mol. The van der Waals surface area contributed by atoms with Crippen LogP contribution in [0.1, 0.15) is 29.8 Å². The van der Waals surface area contributed by atoms with Crippen molar-refractivity contribution >= 4 is 61.5 Å². The first kappa shape index (κ1) is 22.4. The van der Waals surface area contributed by atoms with E-state index in [1.54, 1.807) is 36.4 Å². The van der Waals surface area contributed by atoms with Crippen LogP contribution in [-0.4, -0.2) is 29.2 Å². The zero-order valence-electron chi connectivity index (χ0n) is 15.0. The van der Waals surface area contributed by atoms with Gasteiger partial charge in [0.15, 0.2) is 0 Å². The number of phenolic OH excluding ortho intramolecular Hbond substituents is 1. The molecule has 148 valence electrons. The largest absolute Gasteiger partial charge is 0.506 e. The van der Waals surface area contributed by atoms with Crippen LogP contribution in [0.25, 0.3) is 0 Å². The molecule has 0 aliphatic heterocycles. The zero-order chi connectivity index (χ0) is 20.8. The topological polar surface area (TPSA) is 90.8 Å². The van der Waals surface area contributed by atoms with E-state index in [9.17, 15) is 14.7 Å². The summed E-state index contributed by atoms with van der Waals surface area (Å²) in [7, 11) is 0. The number of hydrogen-bond donors (Lipinski definition) is 3. The molecule has 9 heteroatoms. The third-order valence-corrected chi connectivity index (χ3v) is 5.32. The smallest absolute Gasteiger partial charge is 0.262 e. The summed E-state index contributed by atoms with van der Waals surface area (Å²) in [5.74, 6) is -0.986. The van der Waals surface area contributed by atoms with E-state index >= 15 is 0 Å². The SMILES string of the molecule is CC(C)C(NC(=O)c1ccccc1Cl)C(=O)NN=Cc1cc(Br)c(O)c(Br)c1. The molecule has 2 rings (SSSR count). The van der Waals surface area contributed by atoms with Crippen molar-refractivity contribution in [2.24, 2.45) is 11.0 Å². The van der Waals surface area contributed by atoms with Gasteiger partial charge in [0.2, 0.25) is 0 Å². The summed E-state index contributed by atoms with van der Waals surface area (Å²) >= 11 is 12.5. The van der Waals surface area contributed by atoms with Crippen molar-refractivity contribution in [3.63, 3.8) is 0 Å². The van der Waals surface area contributed by atoms with Gasteiger partial charge in [-0.25, -0.2) is 5.43 Å². The molecular formula is C19H18Br2ClN3O3. The maximum absolute atomic E-state index is 12.5. The van der Waals surface area contributed by atoms with Crippen molar-refractivity contribution < 1.29 is 14.7 Å². The highest BCUT2D eigenvalue weighted by Crippen LogP contribution is 2.32. The summed E-state index contributed by atoms with van der Waals surface area (Å²) in [6.07, 6.45) is 1.43. The van der Waals surface area contributed by atoms with Gasteiger partial charge in [-0.05, 0) is 67.6 Å². The number of phenols is 1. The molecule has 0 bridgehead atoms. The van der Waals surface area contributed by atoms with E-state index in [1.165, 1.54) is 6.21 Å². The Kier molecular flexibility index (Phi) is 8.03. The van der Waals surface area contributed by atoms with Crippen LogP contribution in [0.3, 0.4) is 0 Å². The second-order valence-electron chi connectivity index (χ2n) is 6.24. The molecular weight excluding hydrogens is 513 g/mol. The van der Waals surface area contributed by atoms with Gasteiger partial charge in [0.05, 0.1) is 25.7 Å². The quantitative estimate of drug-likeness (QED) is 0.379. The lowest BCUT2D eigenvalue weighted by atomic mass is 10.0. The van der Waals surface area contributed by atoms with Crippen LogP contribution < -0.4 is 10.7 Å². The van der Waals surface area contributed by atoms with Gasteiger partial charge >= 0.3 is 0 Å². The van der Waals surface area contributed by atoms with Gasteiger partial charge in [0.1, 0.15) is 11.8 Å². The number of aromatic hydroxyl groups is 1. The minimum atomic E-state index is -0.792. The molecule has 0 saturated heterocycles. The number of amides is 2. The second-order valence-corrected chi connectivity index (χ2v) is 8.36. The maximum atomic E-state index is 12.5. The number of nitrogens with zero attached hydrogens (tertiary/aromatic N) is 1. The first-order chi connectivity index (χ1) is 13.2. The summed E-state index contributed by atoms with van der Waals surface area (Å²) in [5.41, 5.74) is 3.37. The highest BCUT2D eigenvalue weighted by atomic mass is 79.9. The number of benzene rings is 2. The highest BCUT2D eigenvalue weighted by molar-refractivity contribution is 9.11. The highest BCUT2D eigenvalue weighted by Gasteiger charge is 2.25. The molecule has 0 saturated carbocycles. The summed E-state index contributed by atoms with van der Waals surface area (Å²) in [4.78, 5) is 24.9. The Balaban J connectivity index is 2.07. The van der Waals surface area contributed by atoms with Crippen molar-refractivity contribution in [3.8, 4) is 5.75 Å². The van der Waals surface area contributed by atoms with Crippen LogP contribution in [0.2, 0.25) is 5.02 Å². The predicted molar refractivity (Wildman–Crippen MR) is 117 cm³/mol. The third-order valence-electron chi connectivity index (χ3n) is 3.78. The molecule has 0 aliphatic rings. The Morgan fingerprint density at radius 2 is 1.79 bits per heavy atom. The predicted octanol–water partition coefficient (Wildman–Crippen LogP) is 4.48. The first-order valence-electron chi connectivity index (χ1n) is 8.27. The molecule has 0 aromatic heterocycles. The normalized spacial score (nSPS) is 12.2. The van der Waals surface area contributed by atoms with Gasteiger partial charge < -0.3 is 10.4 Å². The van der Waals surface area contributed by atoms with Crippen LogP contribution in [0.5, 0.6) is 5.75 Å². The van der Waals surface area contributed by atoms with E-state index in [1.807, 2.05) is 13.8 Å². The number of hydrogen-bond acceptors (Lipinski definition) is 4. The average Bonchev–Trinajstić information content (AvgIpc) is 2.63. The fraction of sp³-hybridized carbons (Fsp3) is 0.211. The summed E-state index contributed by atoms with van der Waals surface area (Å²) < 4.78 is 0.975. The lowest BCUT2D eigenvalue weighted by Crippen LogP contribution is -2.48. The number of nitrogens with one attached hydrogen (secondary N) is 2. The lowest BCUT2D eigenvalue weighted by molar-refractivity contribution is -0.123. The number of carbonyl (C=O) groups is 2. The van der Waals surface area contributed by atoms with Crippen molar-refractivity contribution in [1.29, 1.82) is 0 Å². The molecule has 0 fully saturated rings. The summed E-state index contributed by atoms with van der Waals surface area (Å²) in [6.45, 7) is 3.63. The van der Waals surface area contributed by atoms with Crippen molar-refractivity contribution in [2.45, 2.75) is 19.9 Å². The molecule has 3 N–H and O–H groups in total. The molecule has 28 heavy (non-hydrogen) atoms. The molecule has 1 atom stereocenters. The number of carbonyl (C=O) groups excluding carboxylic acids is 2. The minimum absolute atomic E-state index is 0.0725. The van der Waals surface area contributed by atoms with Gasteiger partial charge in [-0.3, -0.25) is 9.59 Å². The van der Waals surface area contributed by atoms with Gasteiger partial charge in [0, 0.05) is 0 Å². The molecule has 0 radical (unpaired) electrons. The maximum Gasteiger partial charge on any atom is 0.262 e. The van der Waals surface area contributed by atoms with Crippen LogP contribution >= 0.6 is 43.5 Å². The molecule has 2 aromatic rings. The third kappa shape index (κ3) is 5.80. The zero-order valence-corrected chi connectivity index (χ0v) is 19.0. The minimum Gasteiger partial charge on any atom is -0.506 e. The van der Waals surface area contributed by atoms with Crippen LogP contribution in [-0.2, 0) is 4.79 Å². The fourth-order valence-corrected chi connectivity index (χ4v) is 3.74. The Hall–Kier alpha value is -1.90. The van der Waals surface area contributed by atoms with Gasteiger partial charge in [-0.15, -0.1) is 0 Å². The van der Waals surface area contributed by atoms with E-state index in [4.69, 9.17) is 11.6 Å². The Morgan fingerprint density at radius 3 is 2.36 bits per heavy atom. The average molecular weight is 532 g/mol. The van der Waals surface area contributed by atoms with E-state index in [0.29, 0.717) is 25.1 Å². The second kappa shape index (κ2) is 10.0. The Morgan fingerprint density at radius 1 is 1.18 bits per heavy atom. The molecule has 2 aromatic carbocycles. The van der Waals surface area contributed by atoms with Crippen molar-refractivity contribution in [3.05, 3.63) is 61.5 Å². The van der Waals surface area contributed by atoms with Gasteiger partial charge in [-0.1, -0.05) is 37.6 Å². The summed E-state index contributed by atoms with van der Waals surface area (Å²) in [5, 5.41) is 16.6. The van der Waals surface area contributed by atoms with Gasteiger partial charge in [0.25, 0.3) is 11.8 Å². The molecule has 0 heterocycles. The van der Waals surface area contributed by atoms with Crippen LogP contribution in [0.15, 0.2) is 50.4 Å². The molecule has 0 aliphatic carbocycles. The standard InChI is InChI=1S/C19H18Br2ClN3O3/c1-10(2)16(24-18(27)12-5-3-4-6-15(12)22)19(28)25-23-9-11-7-13(20)17(26)14(21)8-11/h3-10,16,26H,1-2H3,(H,24,27)(H,25,28). The Labute approximate surface area is 184 Å². The number of hydrazone groups is 1. The van der Waals surface area contributed by atoms with Crippen molar-refractivity contribution in [1.82, 2.24) is 10.7 Å². The van der Waals surface area contributed by atoms with E-state index < -0.39 is 17.9 Å². The van der Waals surface area contributed by atoms with E-state index in [2.05, 4.69) is 47.7 Å². The molecule has 0 spiro atoms. The van der Waals surface area contributed by atoms with Crippen molar-refractivity contribution in [2.75, 3.05) is 0 Å². The number of halogens is 3. The van der Waals surface area contributed by atoms with Crippen LogP contribution in [0, 0.1) is 5.92 Å². The first-order valence-corrected chi connectivity index (χ1v) is 10.2. The van der Waals surface area contributed by atoms with E-state index in [0.717, 1.165) is 0 Å². The van der Waals surface area contributed by atoms with Crippen LogP contribution in [0.4, 0.5) is 0 Å². The molecule has 1 unspecified atom stereocenters. The molecule has 6 nitrogen and oxygen atoms in total. The molecule has 2 amide bonds. The lowest BCUT2D eigenvalue weighted by Gasteiger charge is -2.20. The van der Waals surface area contributed by atoms with E-state index in [-0.39, 0.29) is 11.7 Å². The van der Waals surface area contributed by atoms with Gasteiger partial charge in [-0.2, -0.15) is 5.10 Å². The summed E-state index contributed by atoms with van der Waals surface area (Å²) in [6, 6.07) is 9.12. The Bertz CT molecular complexity index is 896.